The van der Waals surface area contributed by atoms with Gasteiger partial charge in [0.1, 0.15) is 36.9 Å². The van der Waals surface area contributed by atoms with Gasteiger partial charge in [0, 0.05) is 12.5 Å². The molecule has 18 heteroatoms. The first kappa shape index (κ1) is 64.4. The van der Waals surface area contributed by atoms with Crippen molar-refractivity contribution < 1.29 is 52.6 Å². The summed E-state index contributed by atoms with van der Waals surface area (Å²) in [6.45, 7) is 11.1. The monoisotopic (exact) mass is 1170 g/mol. The summed E-state index contributed by atoms with van der Waals surface area (Å²) in [6.07, 6.45) is -2.41. The second-order valence-corrected chi connectivity index (χ2v) is 22.5. The number of fused-ring (bicyclic) bond motifs is 3. The fourth-order valence-electron chi connectivity index (χ4n) is 10.6. The Bertz CT molecular complexity index is 3130. The molecule has 0 heterocycles. The fraction of sp³-hybridized carbons (Fsp3) is 0.353. The van der Waals surface area contributed by atoms with E-state index >= 15 is 0 Å². The smallest absolute Gasteiger partial charge is 0.407 e. The molecule has 0 spiro atoms. The number of rotatable bonds is 28. The molecule has 0 saturated heterocycles. The number of alkyl carbamates (subject to hydrolysis) is 2. The van der Waals surface area contributed by atoms with E-state index in [1.165, 1.54) is 6.92 Å². The molecule has 6 aromatic rings. The molecular weight excluding hydrogens is 1090 g/mol. The van der Waals surface area contributed by atoms with Crippen LogP contribution in [0, 0.1) is 5.92 Å². The summed E-state index contributed by atoms with van der Waals surface area (Å²) in [7, 11) is 0. The highest BCUT2D eigenvalue weighted by molar-refractivity contribution is 5.96. The molecule has 1 aliphatic carbocycles. The average Bonchev–Trinajstić information content (AvgIpc) is 1.45. The van der Waals surface area contributed by atoms with E-state index in [0.717, 1.165) is 44.5 Å². The third-order valence-electron chi connectivity index (χ3n) is 15.1. The van der Waals surface area contributed by atoms with Crippen LogP contribution in [0.5, 0.6) is 0 Å². The molecule has 0 saturated carbocycles. The Kier molecular flexibility index (Phi) is 22.9. The number of ketones is 1. The molecule has 6 aromatic carbocycles. The maximum absolute atomic E-state index is 14.6. The molecule has 0 fully saturated rings. The fourth-order valence-corrected chi connectivity index (χ4v) is 10.6. The Labute approximate surface area is 503 Å². The molecule has 7 rings (SSSR count). The number of ether oxygens (including phenoxy) is 3. The zero-order valence-corrected chi connectivity index (χ0v) is 49.9. The van der Waals surface area contributed by atoms with Crippen LogP contribution in [0.3, 0.4) is 0 Å². The van der Waals surface area contributed by atoms with E-state index in [0.29, 0.717) is 6.42 Å². The zero-order valence-electron chi connectivity index (χ0n) is 49.9. The van der Waals surface area contributed by atoms with Gasteiger partial charge in [-0.3, -0.25) is 28.8 Å². The summed E-state index contributed by atoms with van der Waals surface area (Å²) in [4.78, 5) is 111. The second-order valence-electron chi connectivity index (χ2n) is 22.5. The highest BCUT2D eigenvalue weighted by Gasteiger charge is 2.40. The van der Waals surface area contributed by atoms with Gasteiger partial charge in [0.15, 0.2) is 5.78 Å². The summed E-state index contributed by atoms with van der Waals surface area (Å²) in [5, 5.41) is 19.4. The van der Waals surface area contributed by atoms with Crippen LogP contribution in [-0.4, -0.2) is 103 Å². The summed E-state index contributed by atoms with van der Waals surface area (Å²) < 4.78 is 17.4. The lowest BCUT2D eigenvalue weighted by Crippen LogP contribution is -2.61. The Balaban J connectivity index is 1.02. The van der Waals surface area contributed by atoms with Crippen LogP contribution in [0.4, 0.5) is 9.59 Å². The van der Waals surface area contributed by atoms with Crippen molar-refractivity contribution in [2.24, 2.45) is 5.92 Å². The van der Waals surface area contributed by atoms with Crippen molar-refractivity contribution in [2.45, 2.75) is 128 Å². The Morgan fingerprint density at radius 3 is 1.57 bits per heavy atom. The maximum atomic E-state index is 14.6. The molecule has 7 amide bonds. The van der Waals surface area contributed by atoms with Gasteiger partial charge in [-0.25, -0.2) is 9.59 Å². The van der Waals surface area contributed by atoms with Crippen LogP contribution in [0.2, 0.25) is 0 Å². The largest absolute Gasteiger partial charge is 0.449 e. The van der Waals surface area contributed by atoms with Crippen molar-refractivity contribution >= 4 is 47.5 Å². The van der Waals surface area contributed by atoms with Crippen LogP contribution in [0.1, 0.15) is 113 Å². The van der Waals surface area contributed by atoms with E-state index in [1.807, 2.05) is 177 Å². The lowest BCUT2D eigenvalue weighted by Gasteiger charge is -2.37. The van der Waals surface area contributed by atoms with Crippen molar-refractivity contribution in [3.05, 3.63) is 203 Å². The number of nitrogens with one attached hydrogen (secondary N) is 7. The third-order valence-corrected chi connectivity index (χ3v) is 15.1. The number of amides is 7. The molecule has 18 nitrogen and oxygen atoms in total. The van der Waals surface area contributed by atoms with E-state index in [9.17, 15) is 38.4 Å². The van der Waals surface area contributed by atoms with Crippen molar-refractivity contribution in [2.75, 3.05) is 19.7 Å². The molecule has 7 N–H and O–H groups in total. The summed E-state index contributed by atoms with van der Waals surface area (Å²) in [5.74, 6) is -4.95. The number of carbonyl (C=O) groups is 8. The third kappa shape index (κ3) is 17.5. The Morgan fingerprint density at radius 2 is 1.05 bits per heavy atom. The molecule has 6 atom stereocenters. The standard InChI is InChI=1S/C68H79N7O11/c1-8-44(2)60(73-62(79)56(38-25-39-69-65(82)84-42-47-26-13-9-14-27-47)72-66(83)85-43-55-53-36-23-21-34-51(53)52-35-22-24-37-54(52)55)64(81)74-61(46(4)86-67(5,6)7)63(80)70-41-59(78)71-57(45(3)76)40-58(77)75-68(48-28-15-10-16-29-48,49-30-17-11-18-31-49)50-32-19-12-20-33-50/h9-24,26-37,44,46,55-57,60-61H,8,25,38-43H2,1-7H3,(H,69,82)(H,70,80)(H,71,78)(H,72,83)(H,73,79)(H,74,81)(H,75,77)/t44-,46-,56+,57-,60-,61-/m0/s1. The molecule has 86 heavy (non-hydrogen) atoms. The van der Waals surface area contributed by atoms with Gasteiger partial charge in [0.05, 0.1) is 30.7 Å². The minimum absolute atomic E-state index is 0.00160. The molecule has 0 aliphatic heterocycles. The number of hydrogen-bond acceptors (Lipinski definition) is 11. The van der Waals surface area contributed by atoms with Crippen molar-refractivity contribution in [1.29, 1.82) is 0 Å². The molecule has 452 valence electrons. The highest BCUT2D eigenvalue weighted by Crippen LogP contribution is 2.44. The SMILES string of the molecule is CC[C@H](C)[C@H](NC(=O)[C@@H](CCCNC(=O)OCc1ccccc1)NC(=O)OCC1c2ccccc2-c2ccccc21)C(=O)N[C@H](C(=O)NCC(=O)N[C@@H](CC(=O)NC(c1ccccc1)(c1ccccc1)c1ccccc1)C(C)=O)[C@H](C)OC(C)(C)C. The second kappa shape index (κ2) is 30.6. The van der Waals surface area contributed by atoms with Gasteiger partial charge in [0.2, 0.25) is 29.5 Å². The highest BCUT2D eigenvalue weighted by atomic mass is 16.6. The van der Waals surface area contributed by atoms with Gasteiger partial charge in [-0.15, -0.1) is 0 Å². The predicted molar refractivity (Wildman–Crippen MR) is 327 cm³/mol. The van der Waals surface area contributed by atoms with Gasteiger partial charge in [-0.2, -0.15) is 0 Å². The Morgan fingerprint density at radius 1 is 0.535 bits per heavy atom. The first-order valence-corrected chi connectivity index (χ1v) is 29.2. The summed E-state index contributed by atoms with van der Waals surface area (Å²) in [5.41, 5.74) is 5.13. The maximum Gasteiger partial charge on any atom is 0.407 e. The van der Waals surface area contributed by atoms with E-state index in [-0.39, 0.29) is 38.5 Å². The number of Topliss-reactive ketones (excluding diaryl/α,β-unsaturated/α-hetero) is 1. The topological polar surface area (TPSA) is 248 Å². The Hall–Kier alpha value is -9.16. The molecule has 0 radical (unpaired) electrons. The molecule has 1 aliphatic rings. The molecule has 0 aromatic heterocycles. The van der Waals surface area contributed by atoms with E-state index < -0.39 is 108 Å². The number of carbonyl (C=O) groups excluding carboxylic acids is 8. The van der Waals surface area contributed by atoms with Gasteiger partial charge < -0.3 is 51.4 Å². The molecule has 0 unspecified atom stereocenters. The first-order chi connectivity index (χ1) is 41.3. The van der Waals surface area contributed by atoms with Crippen LogP contribution in [0.25, 0.3) is 11.1 Å². The summed E-state index contributed by atoms with van der Waals surface area (Å²) in [6, 6.07) is 47.9. The van der Waals surface area contributed by atoms with Crippen LogP contribution in [0.15, 0.2) is 170 Å². The minimum Gasteiger partial charge on any atom is -0.449 e. The van der Waals surface area contributed by atoms with Gasteiger partial charge in [-0.05, 0) is 97.9 Å². The molecule has 0 bridgehead atoms. The lowest BCUT2D eigenvalue weighted by molar-refractivity contribution is -0.140. The summed E-state index contributed by atoms with van der Waals surface area (Å²) >= 11 is 0. The van der Waals surface area contributed by atoms with Crippen LogP contribution in [-0.2, 0) is 55.1 Å². The number of hydrogen-bond donors (Lipinski definition) is 7. The lowest BCUT2D eigenvalue weighted by atomic mass is 9.77. The van der Waals surface area contributed by atoms with Crippen molar-refractivity contribution in [1.82, 2.24) is 37.2 Å². The van der Waals surface area contributed by atoms with E-state index in [4.69, 9.17) is 14.2 Å². The number of benzene rings is 6. The van der Waals surface area contributed by atoms with Gasteiger partial charge in [-0.1, -0.05) is 190 Å². The van der Waals surface area contributed by atoms with E-state index in [2.05, 4.69) is 37.2 Å². The van der Waals surface area contributed by atoms with Crippen molar-refractivity contribution in [3.8, 4) is 11.1 Å². The van der Waals surface area contributed by atoms with Gasteiger partial charge >= 0.3 is 12.2 Å². The van der Waals surface area contributed by atoms with Crippen LogP contribution < -0.4 is 37.2 Å². The quantitative estimate of drug-likeness (QED) is 0.0181. The molecular formula is C68H79N7O11. The van der Waals surface area contributed by atoms with Crippen molar-refractivity contribution in [3.63, 3.8) is 0 Å². The van der Waals surface area contributed by atoms with Crippen LogP contribution >= 0.6 is 0 Å². The normalized spacial score (nSPS) is 14.0. The predicted octanol–water partition coefficient (Wildman–Crippen LogP) is 8.51. The zero-order chi connectivity index (χ0) is 61.8. The first-order valence-electron chi connectivity index (χ1n) is 29.2. The van der Waals surface area contributed by atoms with Gasteiger partial charge in [0.25, 0.3) is 0 Å². The average molecular weight is 1170 g/mol. The van der Waals surface area contributed by atoms with E-state index in [1.54, 1.807) is 34.6 Å². The minimum atomic E-state index is -1.43.